The van der Waals surface area contributed by atoms with Gasteiger partial charge in [0.05, 0.1) is 17.1 Å². The minimum absolute atomic E-state index is 0.219. The number of rotatable bonds is 3. The van der Waals surface area contributed by atoms with Gasteiger partial charge in [0.2, 0.25) is 0 Å². The van der Waals surface area contributed by atoms with Gasteiger partial charge in [-0.25, -0.2) is 0 Å². The van der Waals surface area contributed by atoms with E-state index in [0.717, 1.165) is 6.08 Å². The fourth-order valence-electron chi connectivity index (χ4n) is 0.663. The lowest BCUT2D eigenvalue weighted by atomic mass is 10.2. The Hall–Kier alpha value is -2.40. The van der Waals surface area contributed by atoms with Crippen molar-refractivity contribution in [2.75, 3.05) is 0 Å². The predicted molar refractivity (Wildman–Crippen MR) is 53.8 cm³/mol. The Bertz CT molecular complexity index is 431. The molecule has 5 heteroatoms. The second-order valence-electron chi connectivity index (χ2n) is 2.75. The van der Waals surface area contributed by atoms with Gasteiger partial charge in [-0.3, -0.25) is 10.1 Å². The SMILES string of the molecule is C\C(C#N)=C/C=C(\C=C(/C)C#N)[N+](=O)[O-]. The topological polar surface area (TPSA) is 90.7 Å². The van der Waals surface area contributed by atoms with Crippen molar-refractivity contribution in [1.82, 2.24) is 0 Å². The lowest BCUT2D eigenvalue weighted by molar-refractivity contribution is -0.419. The van der Waals surface area contributed by atoms with Crippen LogP contribution in [0.5, 0.6) is 0 Å². The third kappa shape index (κ3) is 5.02. The molecule has 0 fully saturated rings. The Morgan fingerprint density at radius 3 is 2.13 bits per heavy atom. The first-order valence-electron chi connectivity index (χ1n) is 4.02. The lowest BCUT2D eigenvalue weighted by Crippen LogP contribution is -1.95. The first kappa shape index (κ1) is 12.6. The zero-order valence-corrected chi connectivity index (χ0v) is 8.39. The normalized spacial score (nSPS) is 12.9. The summed E-state index contributed by atoms with van der Waals surface area (Å²) in [5.41, 5.74) is 0.377. The van der Waals surface area contributed by atoms with Gasteiger partial charge in [-0.05, 0) is 19.9 Å². The molecule has 0 aromatic rings. The minimum Gasteiger partial charge on any atom is -0.258 e. The minimum atomic E-state index is -0.609. The molecule has 5 nitrogen and oxygen atoms in total. The van der Waals surface area contributed by atoms with Crippen LogP contribution in [0.25, 0.3) is 0 Å². The summed E-state index contributed by atoms with van der Waals surface area (Å²) >= 11 is 0. The Morgan fingerprint density at radius 1 is 1.20 bits per heavy atom. The van der Waals surface area contributed by atoms with Crippen LogP contribution in [-0.2, 0) is 0 Å². The number of nitriles is 2. The van der Waals surface area contributed by atoms with Gasteiger partial charge < -0.3 is 0 Å². The number of nitro groups is 1. The van der Waals surface area contributed by atoms with Crippen molar-refractivity contribution in [3.8, 4) is 12.1 Å². The fraction of sp³-hybridized carbons (Fsp3) is 0.200. The molecule has 0 saturated carbocycles. The fourth-order valence-corrected chi connectivity index (χ4v) is 0.663. The molecule has 0 aliphatic carbocycles. The summed E-state index contributed by atoms with van der Waals surface area (Å²) in [6, 6.07) is 3.62. The van der Waals surface area contributed by atoms with Crippen LogP contribution in [0.2, 0.25) is 0 Å². The number of hydrogen-bond donors (Lipinski definition) is 0. The molecule has 15 heavy (non-hydrogen) atoms. The third-order valence-corrected chi connectivity index (χ3v) is 1.43. The van der Waals surface area contributed by atoms with Crippen molar-refractivity contribution < 1.29 is 4.92 Å². The number of allylic oxidation sites excluding steroid dienone is 5. The lowest BCUT2D eigenvalue weighted by Gasteiger charge is -1.89. The molecule has 0 rings (SSSR count). The van der Waals surface area contributed by atoms with Gasteiger partial charge in [-0.1, -0.05) is 0 Å². The molecule has 0 bridgehead atoms. The van der Waals surface area contributed by atoms with Crippen molar-refractivity contribution in [2.45, 2.75) is 13.8 Å². The first-order chi connectivity index (χ1) is 7.01. The molecule has 76 valence electrons. The third-order valence-electron chi connectivity index (χ3n) is 1.43. The zero-order chi connectivity index (χ0) is 11.8. The molecular formula is C10H9N3O2. The predicted octanol–water partition coefficient (Wildman–Crippen LogP) is 2.09. The van der Waals surface area contributed by atoms with E-state index >= 15 is 0 Å². The molecule has 0 aromatic carbocycles. The van der Waals surface area contributed by atoms with Gasteiger partial charge in [0, 0.05) is 23.3 Å². The summed E-state index contributed by atoms with van der Waals surface area (Å²) in [5.74, 6) is 0. The molecule has 0 amide bonds. The van der Waals surface area contributed by atoms with Crippen LogP contribution in [0.1, 0.15) is 13.8 Å². The summed E-state index contributed by atoms with van der Waals surface area (Å²) in [7, 11) is 0. The van der Waals surface area contributed by atoms with E-state index in [1.807, 2.05) is 6.07 Å². The van der Waals surface area contributed by atoms with Crippen LogP contribution in [0.4, 0.5) is 0 Å². The van der Waals surface area contributed by atoms with E-state index in [-0.39, 0.29) is 11.3 Å². The molecule has 0 heterocycles. The molecule has 0 saturated heterocycles. The molecule has 0 unspecified atom stereocenters. The van der Waals surface area contributed by atoms with Crippen molar-refractivity contribution in [1.29, 1.82) is 10.5 Å². The van der Waals surface area contributed by atoms with E-state index in [9.17, 15) is 10.1 Å². The van der Waals surface area contributed by atoms with Crippen LogP contribution in [0.15, 0.2) is 35.1 Å². The maximum absolute atomic E-state index is 10.5. The average molecular weight is 203 g/mol. The van der Waals surface area contributed by atoms with E-state index in [1.165, 1.54) is 26.0 Å². The molecule has 0 spiro atoms. The number of nitrogens with zero attached hydrogens (tertiary/aromatic N) is 3. The van der Waals surface area contributed by atoms with E-state index in [4.69, 9.17) is 10.5 Å². The summed E-state index contributed by atoms with van der Waals surface area (Å²) in [5, 5.41) is 27.4. The Morgan fingerprint density at radius 2 is 1.73 bits per heavy atom. The van der Waals surface area contributed by atoms with Crippen LogP contribution >= 0.6 is 0 Å². The van der Waals surface area contributed by atoms with Crippen molar-refractivity contribution in [3.05, 3.63) is 45.2 Å². The molecule has 0 N–H and O–H groups in total. The maximum atomic E-state index is 10.5. The highest BCUT2D eigenvalue weighted by molar-refractivity contribution is 5.31. The largest absolute Gasteiger partial charge is 0.270 e. The van der Waals surface area contributed by atoms with Crippen molar-refractivity contribution >= 4 is 0 Å². The second kappa shape index (κ2) is 6.11. The van der Waals surface area contributed by atoms with Gasteiger partial charge in [0.25, 0.3) is 5.70 Å². The van der Waals surface area contributed by atoms with E-state index in [2.05, 4.69) is 0 Å². The molecule has 0 aromatic heterocycles. The zero-order valence-electron chi connectivity index (χ0n) is 8.39. The van der Waals surface area contributed by atoms with Gasteiger partial charge in [0.1, 0.15) is 0 Å². The Kier molecular flexibility index (Phi) is 5.14. The van der Waals surface area contributed by atoms with Crippen LogP contribution in [-0.4, -0.2) is 4.92 Å². The molecule has 0 atom stereocenters. The second-order valence-corrected chi connectivity index (χ2v) is 2.75. The van der Waals surface area contributed by atoms with Gasteiger partial charge in [-0.15, -0.1) is 0 Å². The van der Waals surface area contributed by atoms with Gasteiger partial charge in [0.15, 0.2) is 0 Å². The van der Waals surface area contributed by atoms with E-state index in [0.29, 0.717) is 5.57 Å². The number of hydrogen-bond acceptors (Lipinski definition) is 4. The highest BCUT2D eigenvalue weighted by atomic mass is 16.6. The van der Waals surface area contributed by atoms with Crippen LogP contribution in [0.3, 0.4) is 0 Å². The van der Waals surface area contributed by atoms with Crippen molar-refractivity contribution in [3.63, 3.8) is 0 Å². The summed E-state index contributed by atoms with van der Waals surface area (Å²) in [4.78, 5) is 9.91. The quantitative estimate of drug-likeness (QED) is 0.304. The van der Waals surface area contributed by atoms with Gasteiger partial charge >= 0.3 is 0 Å². The molecule has 0 aliphatic heterocycles. The van der Waals surface area contributed by atoms with Crippen molar-refractivity contribution in [2.24, 2.45) is 0 Å². The van der Waals surface area contributed by atoms with Gasteiger partial charge in [-0.2, -0.15) is 10.5 Å². The Labute approximate surface area is 87.4 Å². The summed E-state index contributed by atoms with van der Waals surface area (Å²) in [6.07, 6.45) is 3.68. The van der Waals surface area contributed by atoms with E-state index in [1.54, 1.807) is 6.07 Å². The van der Waals surface area contributed by atoms with Crippen LogP contribution in [0, 0.1) is 32.8 Å². The molecule has 0 aliphatic rings. The molecule has 0 radical (unpaired) electrons. The first-order valence-corrected chi connectivity index (χ1v) is 4.02. The summed E-state index contributed by atoms with van der Waals surface area (Å²) in [6.45, 7) is 3.01. The highest BCUT2D eigenvalue weighted by Crippen LogP contribution is 2.04. The summed E-state index contributed by atoms with van der Waals surface area (Å²) < 4.78 is 0. The molecular weight excluding hydrogens is 194 g/mol. The monoisotopic (exact) mass is 203 g/mol. The maximum Gasteiger partial charge on any atom is 0.270 e. The Balaban J connectivity index is 5.13. The standard InChI is InChI=1S/C10H9N3O2/c1-8(6-11)3-4-10(13(14)15)5-9(2)7-12/h3-5H,1-2H3/b8-3+,9-5+,10-4+. The van der Waals surface area contributed by atoms with Crippen LogP contribution < -0.4 is 0 Å². The smallest absolute Gasteiger partial charge is 0.258 e. The van der Waals surface area contributed by atoms with E-state index < -0.39 is 4.92 Å². The highest BCUT2D eigenvalue weighted by Gasteiger charge is 2.05. The average Bonchev–Trinajstić information content (AvgIpc) is 2.22.